The van der Waals surface area contributed by atoms with E-state index in [9.17, 15) is 8.42 Å². The van der Waals surface area contributed by atoms with Crippen molar-refractivity contribution < 1.29 is 8.42 Å². The van der Waals surface area contributed by atoms with E-state index in [2.05, 4.69) is 4.72 Å². The summed E-state index contributed by atoms with van der Waals surface area (Å²) in [4.78, 5) is 0.350. The van der Waals surface area contributed by atoms with Crippen LogP contribution >= 0.6 is 0 Å². The Kier molecular flexibility index (Phi) is 4.54. The fraction of sp³-hybridized carbons (Fsp3) is 0.500. The van der Waals surface area contributed by atoms with Crippen molar-refractivity contribution in [3.05, 3.63) is 23.3 Å². The Labute approximate surface area is 103 Å². The highest BCUT2D eigenvalue weighted by molar-refractivity contribution is 7.89. The van der Waals surface area contributed by atoms with E-state index in [1.807, 2.05) is 6.92 Å². The van der Waals surface area contributed by atoms with E-state index < -0.39 is 10.0 Å². The summed E-state index contributed by atoms with van der Waals surface area (Å²) >= 11 is 0. The van der Waals surface area contributed by atoms with Crippen LogP contribution in [-0.4, -0.2) is 15.0 Å². The molecule has 5 heteroatoms. The molecule has 17 heavy (non-hydrogen) atoms. The van der Waals surface area contributed by atoms with Crippen molar-refractivity contribution in [2.75, 3.05) is 12.3 Å². The Morgan fingerprint density at radius 2 is 1.76 bits per heavy atom. The molecule has 0 atom stereocenters. The minimum absolute atomic E-state index is 0.350. The van der Waals surface area contributed by atoms with E-state index in [1.54, 1.807) is 26.0 Å². The molecule has 0 aromatic heterocycles. The van der Waals surface area contributed by atoms with E-state index in [0.717, 1.165) is 12.8 Å². The summed E-state index contributed by atoms with van der Waals surface area (Å²) < 4.78 is 26.8. The molecule has 96 valence electrons. The molecule has 0 heterocycles. The molecule has 0 aliphatic heterocycles. The van der Waals surface area contributed by atoms with Gasteiger partial charge in [0.05, 0.1) is 4.90 Å². The van der Waals surface area contributed by atoms with Crippen LogP contribution in [0.5, 0.6) is 0 Å². The molecule has 4 nitrogen and oxygen atoms in total. The highest BCUT2D eigenvalue weighted by atomic mass is 32.2. The molecule has 0 unspecified atom stereocenters. The maximum absolute atomic E-state index is 12.1. The summed E-state index contributed by atoms with van der Waals surface area (Å²) in [5.41, 5.74) is 7.64. The zero-order chi connectivity index (χ0) is 13.1. The van der Waals surface area contributed by atoms with Crippen LogP contribution in [0.3, 0.4) is 0 Å². The van der Waals surface area contributed by atoms with Crippen LogP contribution in [0, 0.1) is 13.8 Å². The second-order valence-electron chi connectivity index (χ2n) is 4.24. The van der Waals surface area contributed by atoms with Crippen molar-refractivity contribution in [2.24, 2.45) is 0 Å². The Bertz CT molecular complexity index is 472. The SMILES string of the molecule is CCCCNS(=O)(=O)c1c(C)cc(N)cc1C. The van der Waals surface area contributed by atoms with E-state index in [-0.39, 0.29) is 0 Å². The fourth-order valence-corrected chi connectivity index (χ4v) is 3.39. The fourth-order valence-electron chi connectivity index (χ4n) is 1.86. The van der Waals surface area contributed by atoms with Crippen molar-refractivity contribution in [1.82, 2.24) is 4.72 Å². The normalized spacial score (nSPS) is 11.7. The first-order valence-corrected chi connectivity index (χ1v) is 7.23. The summed E-state index contributed by atoms with van der Waals surface area (Å²) in [6.07, 6.45) is 1.80. The Hall–Kier alpha value is -1.07. The average molecular weight is 256 g/mol. The number of benzene rings is 1. The first-order valence-electron chi connectivity index (χ1n) is 5.75. The second kappa shape index (κ2) is 5.51. The maximum atomic E-state index is 12.1. The van der Waals surface area contributed by atoms with Crippen LogP contribution in [0.4, 0.5) is 5.69 Å². The molecule has 0 saturated heterocycles. The molecule has 1 aromatic carbocycles. The van der Waals surface area contributed by atoms with E-state index >= 15 is 0 Å². The lowest BCUT2D eigenvalue weighted by atomic mass is 10.1. The number of unbranched alkanes of at least 4 members (excludes halogenated alkanes) is 1. The largest absolute Gasteiger partial charge is 0.399 e. The summed E-state index contributed by atoms with van der Waals surface area (Å²) in [5.74, 6) is 0. The van der Waals surface area contributed by atoms with Gasteiger partial charge in [0, 0.05) is 12.2 Å². The summed E-state index contributed by atoms with van der Waals surface area (Å²) in [7, 11) is -3.42. The van der Waals surface area contributed by atoms with Crippen LogP contribution in [-0.2, 0) is 10.0 Å². The highest BCUT2D eigenvalue weighted by Crippen LogP contribution is 2.22. The third kappa shape index (κ3) is 3.44. The molecule has 0 fully saturated rings. The van der Waals surface area contributed by atoms with Crippen molar-refractivity contribution >= 4 is 15.7 Å². The number of hydrogen-bond acceptors (Lipinski definition) is 3. The molecule has 0 radical (unpaired) electrons. The lowest BCUT2D eigenvalue weighted by Gasteiger charge is -2.12. The van der Waals surface area contributed by atoms with Gasteiger partial charge in [0.1, 0.15) is 0 Å². The minimum atomic E-state index is -3.42. The number of sulfonamides is 1. The van der Waals surface area contributed by atoms with Crippen LogP contribution in [0.15, 0.2) is 17.0 Å². The molecule has 0 bridgehead atoms. The van der Waals surface area contributed by atoms with Gasteiger partial charge in [-0.05, 0) is 43.5 Å². The number of hydrogen-bond donors (Lipinski definition) is 2. The Morgan fingerprint density at radius 1 is 1.24 bits per heavy atom. The number of rotatable bonds is 5. The molecule has 0 saturated carbocycles. The quantitative estimate of drug-likeness (QED) is 0.625. The topological polar surface area (TPSA) is 72.2 Å². The molecular formula is C12H20N2O2S. The number of anilines is 1. The number of aryl methyl sites for hydroxylation is 2. The second-order valence-corrected chi connectivity index (χ2v) is 5.94. The van der Waals surface area contributed by atoms with Crippen LogP contribution in [0.2, 0.25) is 0 Å². The first kappa shape index (κ1) is 14.0. The van der Waals surface area contributed by atoms with Crippen LogP contribution < -0.4 is 10.5 Å². The monoisotopic (exact) mass is 256 g/mol. The zero-order valence-corrected chi connectivity index (χ0v) is 11.4. The molecule has 0 aliphatic rings. The summed E-state index contributed by atoms with van der Waals surface area (Å²) in [5, 5.41) is 0. The lowest BCUT2D eigenvalue weighted by molar-refractivity contribution is 0.577. The van der Waals surface area contributed by atoms with Gasteiger partial charge in [-0.1, -0.05) is 13.3 Å². The Morgan fingerprint density at radius 3 is 2.24 bits per heavy atom. The van der Waals surface area contributed by atoms with Gasteiger partial charge in [0.25, 0.3) is 0 Å². The third-order valence-corrected chi connectivity index (χ3v) is 4.34. The third-order valence-electron chi connectivity index (χ3n) is 2.57. The molecule has 0 aliphatic carbocycles. The van der Waals surface area contributed by atoms with Gasteiger partial charge < -0.3 is 5.73 Å². The Balaban J connectivity index is 3.07. The smallest absolute Gasteiger partial charge is 0.241 e. The molecule has 1 aromatic rings. The van der Waals surface area contributed by atoms with Gasteiger partial charge in [-0.2, -0.15) is 0 Å². The van der Waals surface area contributed by atoms with E-state index in [4.69, 9.17) is 5.73 Å². The van der Waals surface area contributed by atoms with Gasteiger partial charge in [-0.3, -0.25) is 0 Å². The number of nitrogens with two attached hydrogens (primary N) is 1. The first-order chi connectivity index (χ1) is 7.88. The highest BCUT2D eigenvalue weighted by Gasteiger charge is 2.19. The molecule has 0 amide bonds. The molecular weight excluding hydrogens is 236 g/mol. The number of nitrogens with one attached hydrogen (secondary N) is 1. The van der Waals surface area contributed by atoms with Crippen LogP contribution in [0.1, 0.15) is 30.9 Å². The van der Waals surface area contributed by atoms with Crippen molar-refractivity contribution in [3.8, 4) is 0 Å². The van der Waals surface area contributed by atoms with Crippen molar-refractivity contribution in [3.63, 3.8) is 0 Å². The van der Waals surface area contributed by atoms with Gasteiger partial charge in [0.2, 0.25) is 10.0 Å². The molecule has 0 spiro atoms. The lowest BCUT2D eigenvalue weighted by Crippen LogP contribution is -2.26. The van der Waals surface area contributed by atoms with Gasteiger partial charge in [-0.25, -0.2) is 13.1 Å². The van der Waals surface area contributed by atoms with E-state index in [1.165, 1.54) is 0 Å². The summed E-state index contributed by atoms with van der Waals surface area (Å²) in [6, 6.07) is 3.36. The predicted octanol–water partition coefficient (Wildman–Crippen LogP) is 1.96. The van der Waals surface area contributed by atoms with Gasteiger partial charge >= 0.3 is 0 Å². The average Bonchev–Trinajstić information content (AvgIpc) is 2.15. The van der Waals surface area contributed by atoms with Crippen molar-refractivity contribution in [1.29, 1.82) is 0 Å². The minimum Gasteiger partial charge on any atom is -0.399 e. The van der Waals surface area contributed by atoms with Crippen molar-refractivity contribution in [2.45, 2.75) is 38.5 Å². The molecule has 3 N–H and O–H groups in total. The molecule has 1 rings (SSSR count). The van der Waals surface area contributed by atoms with Crippen LogP contribution in [0.25, 0.3) is 0 Å². The summed E-state index contributed by atoms with van der Waals surface area (Å²) in [6.45, 7) is 6.02. The predicted molar refractivity (Wildman–Crippen MR) is 70.4 cm³/mol. The van der Waals surface area contributed by atoms with Gasteiger partial charge in [-0.15, -0.1) is 0 Å². The maximum Gasteiger partial charge on any atom is 0.241 e. The number of nitrogen functional groups attached to an aromatic ring is 1. The van der Waals surface area contributed by atoms with E-state index in [0.29, 0.717) is 28.3 Å². The zero-order valence-electron chi connectivity index (χ0n) is 10.6. The standard InChI is InChI=1S/C12H20N2O2S/c1-4-5-6-14-17(15,16)12-9(2)7-11(13)8-10(12)3/h7-8,14H,4-6,13H2,1-3H3. The van der Waals surface area contributed by atoms with Gasteiger partial charge in [0.15, 0.2) is 0 Å².